The maximum Gasteiger partial charge on any atom is 0.305 e. The van der Waals surface area contributed by atoms with Crippen LogP contribution in [-0.4, -0.2) is 158 Å². The van der Waals surface area contributed by atoms with Crippen LogP contribution >= 0.6 is 0 Å². The van der Waals surface area contributed by atoms with Crippen LogP contribution in [0.5, 0.6) is 0 Å². The third kappa shape index (κ3) is 51.0. The smallest absolute Gasteiger partial charge is 0.305 e. The molecule has 0 unspecified atom stereocenters. The van der Waals surface area contributed by atoms with Crippen molar-refractivity contribution in [3.8, 4) is 0 Å². The number of rotatable bonds is 50. The molecule has 0 N–H and O–H groups in total. The average molecular weight is 797 g/mol. The molecule has 0 aliphatic carbocycles. The summed E-state index contributed by atoms with van der Waals surface area (Å²) in [6.07, 6.45) is 19.6. The summed E-state index contributed by atoms with van der Waals surface area (Å²) in [5, 5.41) is 0. The van der Waals surface area contributed by atoms with E-state index in [0.717, 1.165) is 38.7 Å². The predicted octanol–water partition coefficient (Wildman–Crippen LogP) is 6.99. The summed E-state index contributed by atoms with van der Waals surface area (Å²) in [6, 6.07) is 0. The fourth-order valence-electron chi connectivity index (χ4n) is 5.15. The van der Waals surface area contributed by atoms with E-state index >= 15 is 0 Å². The van der Waals surface area contributed by atoms with E-state index in [0.29, 0.717) is 145 Å². The highest BCUT2D eigenvalue weighted by atomic mass is 16.6. The van der Waals surface area contributed by atoms with Crippen molar-refractivity contribution in [3.63, 3.8) is 0 Å². The molecule has 0 saturated heterocycles. The molecule has 55 heavy (non-hydrogen) atoms. The Morgan fingerprint density at radius 3 is 0.764 bits per heavy atom. The van der Waals surface area contributed by atoms with Crippen molar-refractivity contribution in [1.82, 2.24) is 0 Å². The maximum absolute atomic E-state index is 11.6. The quantitative estimate of drug-likeness (QED) is 0.0464. The van der Waals surface area contributed by atoms with Crippen molar-refractivity contribution < 1.29 is 61.6 Å². The van der Waals surface area contributed by atoms with Crippen molar-refractivity contribution in [2.24, 2.45) is 0 Å². The maximum atomic E-state index is 11.6. The average Bonchev–Trinajstić information content (AvgIpc) is 3.19. The highest BCUT2D eigenvalue weighted by molar-refractivity contribution is 5.69. The first-order valence-electron chi connectivity index (χ1n) is 21.8. The molecule has 0 aromatic rings. The van der Waals surface area contributed by atoms with Crippen LogP contribution in [0.2, 0.25) is 0 Å². The SMILES string of the molecule is CCCCCCCCCCCCCOCCOCCOCCOCCOCCOCCOCCOCCOCCOCCOCCOC(=O)CCCCCC. The van der Waals surface area contributed by atoms with Crippen LogP contribution in [0.15, 0.2) is 0 Å². The second kappa shape index (κ2) is 51.0. The summed E-state index contributed by atoms with van der Waals surface area (Å²) in [5.74, 6) is -0.150. The molecule has 0 amide bonds. The number of ether oxygens (including phenoxy) is 12. The molecule has 0 aliphatic rings. The Morgan fingerprint density at radius 2 is 0.473 bits per heavy atom. The molecule has 13 heteroatoms. The van der Waals surface area contributed by atoms with E-state index in [4.69, 9.17) is 56.8 Å². The molecule has 0 aromatic carbocycles. The number of hydrogen-bond donors (Lipinski definition) is 0. The standard InChI is InChI=1S/C42H84O13/c1-3-5-7-9-10-11-12-13-14-15-17-19-44-20-21-45-22-23-46-24-25-47-26-27-48-28-29-49-30-31-50-32-33-51-34-35-52-36-37-53-38-39-54-40-41-55-42(43)18-16-8-6-4-2/h3-41H2,1-2H3. The zero-order chi connectivity index (χ0) is 39.6. The number of carbonyl (C=O) groups is 1. The Morgan fingerprint density at radius 1 is 0.255 bits per heavy atom. The van der Waals surface area contributed by atoms with Crippen LogP contribution in [-0.2, 0) is 61.6 Å². The monoisotopic (exact) mass is 797 g/mol. The molecule has 0 saturated carbocycles. The van der Waals surface area contributed by atoms with E-state index in [2.05, 4.69) is 13.8 Å². The van der Waals surface area contributed by atoms with Gasteiger partial charge in [-0.1, -0.05) is 97.3 Å². The van der Waals surface area contributed by atoms with Gasteiger partial charge in [0.2, 0.25) is 0 Å². The van der Waals surface area contributed by atoms with Crippen LogP contribution in [0.25, 0.3) is 0 Å². The van der Waals surface area contributed by atoms with Crippen molar-refractivity contribution in [2.75, 3.05) is 152 Å². The minimum absolute atomic E-state index is 0.150. The van der Waals surface area contributed by atoms with Gasteiger partial charge in [0.25, 0.3) is 0 Å². The van der Waals surface area contributed by atoms with Gasteiger partial charge in [-0.05, 0) is 12.8 Å². The van der Waals surface area contributed by atoms with Crippen LogP contribution in [0, 0.1) is 0 Å². The van der Waals surface area contributed by atoms with Crippen molar-refractivity contribution in [1.29, 1.82) is 0 Å². The second-order valence-electron chi connectivity index (χ2n) is 13.3. The Bertz CT molecular complexity index is 704. The van der Waals surface area contributed by atoms with E-state index in [-0.39, 0.29) is 12.6 Å². The lowest BCUT2D eigenvalue weighted by atomic mass is 10.1. The lowest BCUT2D eigenvalue weighted by Crippen LogP contribution is -2.15. The van der Waals surface area contributed by atoms with Gasteiger partial charge in [-0.25, -0.2) is 0 Å². The van der Waals surface area contributed by atoms with Gasteiger partial charge >= 0.3 is 5.97 Å². The highest BCUT2D eigenvalue weighted by Gasteiger charge is 2.02. The summed E-state index contributed by atoms with van der Waals surface area (Å²) in [7, 11) is 0. The molecular formula is C42H84O13. The Balaban J connectivity index is 3.08. The highest BCUT2D eigenvalue weighted by Crippen LogP contribution is 2.11. The predicted molar refractivity (Wildman–Crippen MR) is 215 cm³/mol. The fourth-order valence-corrected chi connectivity index (χ4v) is 5.15. The van der Waals surface area contributed by atoms with E-state index in [1.54, 1.807) is 0 Å². The van der Waals surface area contributed by atoms with E-state index < -0.39 is 0 Å². The first-order valence-corrected chi connectivity index (χ1v) is 21.8. The van der Waals surface area contributed by atoms with Crippen molar-refractivity contribution >= 4 is 5.97 Å². The summed E-state index contributed by atoms with van der Waals surface area (Å²) < 4.78 is 65.8. The van der Waals surface area contributed by atoms with Crippen LogP contribution in [0.1, 0.15) is 117 Å². The van der Waals surface area contributed by atoms with Crippen LogP contribution in [0.4, 0.5) is 0 Å². The summed E-state index contributed by atoms with van der Waals surface area (Å²) >= 11 is 0. The molecule has 0 bridgehead atoms. The molecular weight excluding hydrogens is 712 g/mol. The molecule has 0 atom stereocenters. The normalized spacial score (nSPS) is 11.5. The van der Waals surface area contributed by atoms with Gasteiger partial charge in [0, 0.05) is 13.0 Å². The van der Waals surface area contributed by atoms with Crippen LogP contribution < -0.4 is 0 Å². The van der Waals surface area contributed by atoms with E-state index in [1.807, 2.05) is 0 Å². The fraction of sp³-hybridized carbons (Fsp3) is 0.976. The van der Waals surface area contributed by atoms with Crippen molar-refractivity contribution in [2.45, 2.75) is 117 Å². The van der Waals surface area contributed by atoms with Gasteiger partial charge in [0.15, 0.2) is 0 Å². The summed E-state index contributed by atoms with van der Waals surface area (Å²) in [6.45, 7) is 16.4. The first kappa shape index (κ1) is 54.0. The van der Waals surface area contributed by atoms with Gasteiger partial charge in [-0.2, -0.15) is 0 Å². The van der Waals surface area contributed by atoms with Crippen LogP contribution in [0.3, 0.4) is 0 Å². The molecule has 0 aromatic heterocycles. The van der Waals surface area contributed by atoms with Crippen molar-refractivity contribution in [3.05, 3.63) is 0 Å². The third-order valence-corrected chi connectivity index (χ3v) is 8.34. The largest absolute Gasteiger partial charge is 0.463 e. The lowest BCUT2D eigenvalue weighted by Gasteiger charge is -2.09. The van der Waals surface area contributed by atoms with E-state index in [1.165, 1.54) is 64.2 Å². The zero-order valence-electron chi connectivity index (χ0n) is 35.4. The lowest BCUT2D eigenvalue weighted by molar-refractivity contribution is -0.145. The van der Waals surface area contributed by atoms with Gasteiger partial charge < -0.3 is 56.8 Å². The molecule has 13 nitrogen and oxygen atoms in total. The molecule has 0 heterocycles. The molecule has 0 fully saturated rings. The van der Waals surface area contributed by atoms with Gasteiger partial charge in [0.1, 0.15) is 6.61 Å². The number of unbranched alkanes of at least 4 members (excludes halogenated alkanes) is 13. The Kier molecular flexibility index (Phi) is 50.1. The minimum atomic E-state index is -0.150. The number of hydrogen-bond acceptors (Lipinski definition) is 13. The molecule has 0 radical (unpaired) electrons. The van der Waals surface area contributed by atoms with Gasteiger partial charge in [0.05, 0.1) is 139 Å². The van der Waals surface area contributed by atoms with Gasteiger partial charge in [-0.15, -0.1) is 0 Å². The number of carbonyl (C=O) groups excluding carboxylic acids is 1. The second-order valence-corrected chi connectivity index (χ2v) is 13.3. The topological polar surface area (TPSA) is 128 Å². The molecule has 330 valence electrons. The van der Waals surface area contributed by atoms with Gasteiger partial charge in [-0.3, -0.25) is 4.79 Å². The van der Waals surface area contributed by atoms with E-state index in [9.17, 15) is 4.79 Å². The molecule has 0 rings (SSSR count). The Labute approximate surface area is 335 Å². The Hall–Kier alpha value is -0.970. The first-order chi connectivity index (χ1) is 27.3. The minimum Gasteiger partial charge on any atom is -0.463 e. The summed E-state index contributed by atoms with van der Waals surface area (Å²) in [4.78, 5) is 11.6. The molecule has 0 spiro atoms. The zero-order valence-corrected chi connectivity index (χ0v) is 35.4. The molecule has 0 aliphatic heterocycles. The third-order valence-electron chi connectivity index (χ3n) is 8.34. The summed E-state index contributed by atoms with van der Waals surface area (Å²) in [5.41, 5.74) is 0. The number of esters is 1.